The van der Waals surface area contributed by atoms with E-state index < -0.39 is 21.7 Å². The van der Waals surface area contributed by atoms with Crippen molar-refractivity contribution in [2.24, 2.45) is 5.92 Å². The number of ether oxygens (including phenoxy) is 1. The number of carbonyl (C=O) groups excluding carboxylic acids is 1. The van der Waals surface area contributed by atoms with Crippen LogP contribution in [0.25, 0.3) is 0 Å². The second-order valence-corrected chi connectivity index (χ2v) is 8.14. The van der Waals surface area contributed by atoms with Crippen LogP contribution in [0.2, 0.25) is 0 Å². The summed E-state index contributed by atoms with van der Waals surface area (Å²) < 4.78 is 46.4. The number of anilines is 1. The van der Waals surface area contributed by atoms with Gasteiger partial charge in [-0.3, -0.25) is 4.79 Å². The molecule has 2 N–H and O–H groups in total. The van der Waals surface area contributed by atoms with E-state index in [9.17, 15) is 17.6 Å². The lowest BCUT2D eigenvalue weighted by atomic mass is 10.1. The predicted octanol–water partition coefficient (Wildman–Crippen LogP) is 3.41. The summed E-state index contributed by atoms with van der Waals surface area (Å²) in [6.45, 7) is 4.30. The molecule has 0 saturated carbocycles. The smallest absolute Gasteiger partial charge is 0.258 e. The first-order valence-electron chi connectivity index (χ1n) is 8.48. The van der Waals surface area contributed by atoms with Crippen LogP contribution in [0.5, 0.6) is 5.75 Å². The molecule has 2 aromatic carbocycles. The monoisotopic (exact) mass is 394 g/mol. The van der Waals surface area contributed by atoms with Gasteiger partial charge < -0.3 is 10.1 Å². The zero-order valence-corrected chi connectivity index (χ0v) is 16.3. The van der Waals surface area contributed by atoms with E-state index in [2.05, 4.69) is 10.0 Å². The third-order valence-corrected chi connectivity index (χ3v) is 5.32. The summed E-state index contributed by atoms with van der Waals surface area (Å²) in [5, 5.41) is 2.51. The molecule has 27 heavy (non-hydrogen) atoms. The third kappa shape index (κ3) is 5.51. The van der Waals surface area contributed by atoms with Crippen molar-refractivity contribution < 1.29 is 22.3 Å². The number of hydrogen-bond donors (Lipinski definition) is 2. The van der Waals surface area contributed by atoms with Crippen molar-refractivity contribution >= 4 is 21.6 Å². The predicted molar refractivity (Wildman–Crippen MR) is 102 cm³/mol. The van der Waals surface area contributed by atoms with Gasteiger partial charge in [0.25, 0.3) is 5.91 Å². The molecule has 146 valence electrons. The maximum atomic E-state index is 13.8. The molecular weight excluding hydrogens is 371 g/mol. The van der Waals surface area contributed by atoms with Crippen LogP contribution in [-0.2, 0) is 10.0 Å². The van der Waals surface area contributed by atoms with Gasteiger partial charge in [0.1, 0.15) is 11.6 Å². The van der Waals surface area contributed by atoms with Gasteiger partial charge in [0.15, 0.2) is 0 Å². The molecule has 8 heteroatoms. The lowest BCUT2D eigenvalue weighted by molar-refractivity contribution is 0.102. The van der Waals surface area contributed by atoms with Gasteiger partial charge in [0.05, 0.1) is 23.3 Å². The highest BCUT2D eigenvalue weighted by atomic mass is 32.2. The molecule has 0 bridgehead atoms. The molecule has 0 fully saturated rings. The second-order valence-electron chi connectivity index (χ2n) is 6.38. The first-order chi connectivity index (χ1) is 12.7. The fourth-order valence-electron chi connectivity index (χ4n) is 2.35. The highest BCUT2D eigenvalue weighted by molar-refractivity contribution is 7.89. The minimum absolute atomic E-state index is 0.0177. The number of sulfonamides is 1. The minimum Gasteiger partial charge on any atom is -0.495 e. The van der Waals surface area contributed by atoms with E-state index in [0.717, 1.165) is 0 Å². The van der Waals surface area contributed by atoms with Crippen LogP contribution in [0.15, 0.2) is 47.4 Å². The summed E-state index contributed by atoms with van der Waals surface area (Å²) in [4.78, 5) is 12.3. The fourth-order valence-corrected chi connectivity index (χ4v) is 3.43. The summed E-state index contributed by atoms with van der Waals surface area (Å²) >= 11 is 0. The lowest BCUT2D eigenvalue weighted by Crippen LogP contribution is -2.26. The molecule has 0 aromatic heterocycles. The molecule has 0 aliphatic rings. The number of carbonyl (C=O) groups is 1. The number of amides is 1. The van der Waals surface area contributed by atoms with Gasteiger partial charge >= 0.3 is 0 Å². The molecular formula is C19H23FN2O4S. The van der Waals surface area contributed by atoms with Gasteiger partial charge in [-0.05, 0) is 42.7 Å². The van der Waals surface area contributed by atoms with Crippen LogP contribution < -0.4 is 14.8 Å². The zero-order chi connectivity index (χ0) is 20.0. The van der Waals surface area contributed by atoms with Gasteiger partial charge in [-0.1, -0.05) is 26.0 Å². The largest absolute Gasteiger partial charge is 0.495 e. The maximum Gasteiger partial charge on any atom is 0.258 e. The molecule has 1 amide bonds. The Kier molecular flexibility index (Phi) is 6.92. The Balaban J connectivity index is 2.27. The number of rotatable bonds is 8. The molecule has 0 radical (unpaired) electrons. The third-order valence-electron chi connectivity index (χ3n) is 3.86. The molecule has 0 heterocycles. The van der Waals surface area contributed by atoms with E-state index in [1.54, 1.807) is 0 Å². The van der Waals surface area contributed by atoms with Crippen molar-refractivity contribution in [3.8, 4) is 5.75 Å². The molecule has 0 atom stereocenters. The quantitative estimate of drug-likeness (QED) is 0.719. The van der Waals surface area contributed by atoms with Crippen molar-refractivity contribution in [1.82, 2.24) is 4.72 Å². The molecule has 0 unspecified atom stereocenters. The molecule has 0 aliphatic carbocycles. The molecule has 6 nitrogen and oxygen atoms in total. The van der Waals surface area contributed by atoms with Crippen molar-refractivity contribution in [3.05, 3.63) is 53.8 Å². The van der Waals surface area contributed by atoms with E-state index >= 15 is 0 Å². The summed E-state index contributed by atoms with van der Waals surface area (Å²) in [6, 6.07) is 9.63. The number of nitrogens with one attached hydrogen (secondary N) is 2. The molecule has 2 rings (SSSR count). The first-order valence-corrected chi connectivity index (χ1v) is 9.96. The minimum atomic E-state index is -3.74. The van der Waals surface area contributed by atoms with Crippen molar-refractivity contribution in [3.63, 3.8) is 0 Å². The van der Waals surface area contributed by atoms with Crippen LogP contribution in [0.4, 0.5) is 10.1 Å². The summed E-state index contributed by atoms with van der Waals surface area (Å²) in [5.74, 6) is -0.748. The summed E-state index contributed by atoms with van der Waals surface area (Å²) in [6.07, 6.45) is 0.701. The van der Waals surface area contributed by atoms with Gasteiger partial charge in [-0.2, -0.15) is 0 Å². The van der Waals surface area contributed by atoms with Gasteiger partial charge in [-0.15, -0.1) is 0 Å². The average molecular weight is 394 g/mol. The van der Waals surface area contributed by atoms with Crippen molar-refractivity contribution in [2.45, 2.75) is 25.2 Å². The van der Waals surface area contributed by atoms with E-state index in [-0.39, 0.29) is 21.9 Å². The van der Waals surface area contributed by atoms with E-state index in [0.29, 0.717) is 18.9 Å². The Morgan fingerprint density at radius 1 is 1.19 bits per heavy atom. The number of hydrogen-bond acceptors (Lipinski definition) is 4. The number of methoxy groups -OCH3 is 1. The van der Waals surface area contributed by atoms with Gasteiger partial charge in [-0.25, -0.2) is 17.5 Å². The summed E-state index contributed by atoms with van der Waals surface area (Å²) in [5.41, 5.74) is -0.0136. The van der Waals surface area contributed by atoms with Crippen LogP contribution in [0, 0.1) is 11.7 Å². The van der Waals surface area contributed by atoms with E-state index in [1.807, 2.05) is 13.8 Å². The second kappa shape index (κ2) is 8.96. The van der Waals surface area contributed by atoms with E-state index in [1.165, 1.54) is 49.6 Å². The van der Waals surface area contributed by atoms with Crippen LogP contribution in [-0.4, -0.2) is 28.0 Å². The Morgan fingerprint density at radius 3 is 2.52 bits per heavy atom. The Morgan fingerprint density at radius 2 is 1.89 bits per heavy atom. The Hall–Kier alpha value is -2.45. The van der Waals surface area contributed by atoms with Crippen LogP contribution >= 0.6 is 0 Å². The van der Waals surface area contributed by atoms with Crippen LogP contribution in [0.3, 0.4) is 0 Å². The normalized spacial score (nSPS) is 11.4. The Labute approximate surface area is 158 Å². The highest BCUT2D eigenvalue weighted by Gasteiger charge is 2.19. The first kappa shape index (κ1) is 20.9. The van der Waals surface area contributed by atoms with Gasteiger partial charge in [0.2, 0.25) is 10.0 Å². The zero-order valence-electron chi connectivity index (χ0n) is 15.5. The topological polar surface area (TPSA) is 84.5 Å². The lowest BCUT2D eigenvalue weighted by Gasteiger charge is -2.13. The fraction of sp³-hybridized carbons (Fsp3) is 0.316. The highest BCUT2D eigenvalue weighted by Crippen LogP contribution is 2.28. The van der Waals surface area contributed by atoms with Gasteiger partial charge in [0, 0.05) is 6.54 Å². The summed E-state index contributed by atoms with van der Waals surface area (Å²) in [7, 11) is -2.35. The number of halogens is 1. The molecule has 0 aliphatic heterocycles. The molecule has 2 aromatic rings. The van der Waals surface area contributed by atoms with E-state index in [4.69, 9.17) is 4.74 Å². The molecule has 0 spiro atoms. The van der Waals surface area contributed by atoms with Crippen molar-refractivity contribution in [2.75, 3.05) is 19.0 Å². The standard InChI is InChI=1S/C19H23FN2O4S/c1-13(2)10-11-21-27(24,25)14-8-9-18(26-3)17(12-14)22-19(23)15-6-4-5-7-16(15)20/h4-9,12-13,21H,10-11H2,1-3H3,(H,22,23). The number of benzene rings is 2. The average Bonchev–Trinajstić information content (AvgIpc) is 2.61. The van der Waals surface area contributed by atoms with Crippen LogP contribution in [0.1, 0.15) is 30.6 Å². The maximum absolute atomic E-state index is 13.8. The Bertz CT molecular complexity index is 914. The van der Waals surface area contributed by atoms with Crippen molar-refractivity contribution in [1.29, 1.82) is 0 Å². The SMILES string of the molecule is COc1ccc(S(=O)(=O)NCCC(C)C)cc1NC(=O)c1ccccc1F. The molecule has 0 saturated heterocycles.